The molecule has 0 unspecified atom stereocenters. The Labute approximate surface area is 146 Å². The van der Waals surface area contributed by atoms with E-state index in [1.807, 2.05) is 12.1 Å². The summed E-state index contributed by atoms with van der Waals surface area (Å²) in [6.45, 7) is 4.45. The lowest BCUT2D eigenvalue weighted by Gasteiger charge is -2.13. The Morgan fingerprint density at radius 1 is 1.21 bits per heavy atom. The normalized spacial score (nSPS) is 11.4. The van der Waals surface area contributed by atoms with Crippen LogP contribution in [0.15, 0.2) is 35.5 Å². The van der Waals surface area contributed by atoms with Gasteiger partial charge in [-0.05, 0) is 25.1 Å². The van der Waals surface area contributed by atoms with Crippen LogP contribution >= 0.6 is 11.3 Å². The summed E-state index contributed by atoms with van der Waals surface area (Å²) < 4.78 is 10.6. The van der Waals surface area contributed by atoms with Gasteiger partial charge in [-0.15, -0.1) is 11.3 Å². The summed E-state index contributed by atoms with van der Waals surface area (Å²) in [5.74, 6) is 1.36. The fraction of sp³-hybridized carbons (Fsp3) is 0.412. The number of aromatic nitrogens is 1. The van der Waals surface area contributed by atoms with Crippen molar-refractivity contribution in [2.45, 2.75) is 20.0 Å². The quantitative estimate of drug-likeness (QED) is 0.435. The Morgan fingerprint density at radius 3 is 2.75 bits per heavy atom. The van der Waals surface area contributed by atoms with E-state index in [-0.39, 0.29) is 0 Å². The molecule has 2 aromatic rings. The number of aryl methyl sites for hydroxylation is 1. The molecule has 130 valence electrons. The standard InChI is InChI=1S/C17H24N4O2S/c1-13-6-7-15(24-13)12-21-17(18-2)20-11-14-5-4-8-19-16(14)23-10-9-22-3/h4-8H,9-12H2,1-3H3,(H2,18,20,21). The third kappa shape index (κ3) is 5.82. The lowest BCUT2D eigenvalue weighted by Crippen LogP contribution is -2.36. The molecule has 0 fully saturated rings. The molecule has 0 spiro atoms. The zero-order valence-electron chi connectivity index (χ0n) is 14.3. The van der Waals surface area contributed by atoms with E-state index >= 15 is 0 Å². The predicted molar refractivity (Wildman–Crippen MR) is 97.7 cm³/mol. The maximum Gasteiger partial charge on any atom is 0.218 e. The van der Waals surface area contributed by atoms with E-state index in [1.54, 1.807) is 31.7 Å². The molecule has 0 saturated heterocycles. The second-order valence-corrected chi connectivity index (χ2v) is 6.47. The molecular weight excluding hydrogens is 324 g/mol. The first-order valence-corrected chi connectivity index (χ1v) is 8.60. The topological polar surface area (TPSA) is 67.8 Å². The van der Waals surface area contributed by atoms with Crippen LogP contribution in [0.2, 0.25) is 0 Å². The minimum absolute atomic E-state index is 0.477. The minimum Gasteiger partial charge on any atom is -0.475 e. The van der Waals surface area contributed by atoms with E-state index in [0.717, 1.165) is 18.1 Å². The highest BCUT2D eigenvalue weighted by molar-refractivity contribution is 7.11. The van der Waals surface area contributed by atoms with Crippen LogP contribution in [-0.4, -0.2) is 38.3 Å². The van der Waals surface area contributed by atoms with Crippen LogP contribution in [0.25, 0.3) is 0 Å². The van der Waals surface area contributed by atoms with Crippen LogP contribution in [0.3, 0.4) is 0 Å². The number of hydrogen-bond donors (Lipinski definition) is 2. The molecule has 2 aromatic heterocycles. The van der Waals surface area contributed by atoms with Crippen LogP contribution in [-0.2, 0) is 17.8 Å². The van der Waals surface area contributed by atoms with Gasteiger partial charge in [-0.25, -0.2) is 4.98 Å². The molecule has 0 bridgehead atoms. The fourth-order valence-electron chi connectivity index (χ4n) is 2.06. The van der Waals surface area contributed by atoms with Crippen LogP contribution in [0, 0.1) is 6.92 Å². The number of guanidine groups is 1. The van der Waals surface area contributed by atoms with E-state index in [4.69, 9.17) is 9.47 Å². The summed E-state index contributed by atoms with van der Waals surface area (Å²) >= 11 is 1.78. The summed E-state index contributed by atoms with van der Waals surface area (Å²) in [6.07, 6.45) is 1.72. The lowest BCUT2D eigenvalue weighted by molar-refractivity contribution is 0.143. The van der Waals surface area contributed by atoms with E-state index < -0.39 is 0 Å². The number of rotatable bonds is 8. The Balaban J connectivity index is 1.86. The van der Waals surface area contributed by atoms with Crippen LogP contribution in [0.5, 0.6) is 5.88 Å². The summed E-state index contributed by atoms with van der Waals surface area (Å²) in [5.41, 5.74) is 0.975. The molecule has 0 aliphatic rings. The van der Waals surface area contributed by atoms with Crippen molar-refractivity contribution in [1.82, 2.24) is 15.6 Å². The SMILES string of the molecule is CN=C(NCc1ccc(C)s1)NCc1cccnc1OCCOC. The fourth-order valence-corrected chi connectivity index (χ4v) is 2.89. The molecule has 0 saturated carbocycles. The molecule has 0 aromatic carbocycles. The van der Waals surface area contributed by atoms with Crippen LogP contribution in [0.1, 0.15) is 15.3 Å². The van der Waals surface area contributed by atoms with Crippen molar-refractivity contribution in [2.75, 3.05) is 27.4 Å². The largest absolute Gasteiger partial charge is 0.475 e. The first-order chi connectivity index (χ1) is 11.7. The van der Waals surface area contributed by atoms with Gasteiger partial charge in [0.1, 0.15) is 6.61 Å². The average molecular weight is 348 g/mol. The van der Waals surface area contributed by atoms with Gasteiger partial charge >= 0.3 is 0 Å². The van der Waals surface area contributed by atoms with Crippen LogP contribution < -0.4 is 15.4 Å². The smallest absolute Gasteiger partial charge is 0.218 e. The maximum atomic E-state index is 5.64. The molecule has 0 radical (unpaired) electrons. The molecule has 0 aliphatic carbocycles. The number of pyridine rings is 1. The summed E-state index contributed by atoms with van der Waals surface area (Å²) in [4.78, 5) is 11.1. The molecule has 24 heavy (non-hydrogen) atoms. The number of hydrogen-bond acceptors (Lipinski definition) is 5. The number of aliphatic imine (C=N–C) groups is 1. The number of nitrogens with one attached hydrogen (secondary N) is 2. The Hall–Kier alpha value is -2.12. The van der Waals surface area contributed by atoms with Gasteiger partial charge in [0.25, 0.3) is 0 Å². The second kappa shape index (κ2) is 9.89. The van der Waals surface area contributed by atoms with Gasteiger partial charge in [-0.3, -0.25) is 4.99 Å². The monoisotopic (exact) mass is 348 g/mol. The van der Waals surface area contributed by atoms with Gasteiger partial charge in [-0.1, -0.05) is 6.07 Å². The van der Waals surface area contributed by atoms with Gasteiger partial charge in [0.15, 0.2) is 5.96 Å². The highest BCUT2D eigenvalue weighted by Crippen LogP contribution is 2.15. The molecule has 7 heteroatoms. The van der Waals surface area contributed by atoms with E-state index in [0.29, 0.717) is 25.6 Å². The lowest BCUT2D eigenvalue weighted by atomic mass is 10.2. The molecule has 2 N–H and O–H groups in total. The summed E-state index contributed by atoms with van der Waals surface area (Å²) in [5, 5.41) is 6.59. The molecule has 2 rings (SSSR count). The Bertz CT molecular complexity index is 658. The maximum absolute atomic E-state index is 5.64. The molecule has 6 nitrogen and oxygen atoms in total. The third-order valence-electron chi connectivity index (χ3n) is 3.27. The predicted octanol–water partition coefficient (Wildman–Crippen LogP) is 2.34. The van der Waals surface area contributed by atoms with Crippen molar-refractivity contribution in [1.29, 1.82) is 0 Å². The van der Waals surface area contributed by atoms with Crippen molar-refractivity contribution >= 4 is 17.3 Å². The molecule has 0 amide bonds. The van der Waals surface area contributed by atoms with Gasteiger partial charge in [0.05, 0.1) is 13.2 Å². The molecule has 0 aliphatic heterocycles. The van der Waals surface area contributed by atoms with Gasteiger partial charge in [0, 0.05) is 42.2 Å². The zero-order chi connectivity index (χ0) is 17.2. The number of methoxy groups -OCH3 is 1. The number of thiophene rings is 1. The second-order valence-electron chi connectivity index (χ2n) is 5.10. The van der Waals surface area contributed by atoms with Crippen molar-refractivity contribution in [3.8, 4) is 5.88 Å². The van der Waals surface area contributed by atoms with Gasteiger partial charge in [0.2, 0.25) is 5.88 Å². The summed E-state index contributed by atoms with van der Waals surface area (Å²) in [6, 6.07) is 8.13. The zero-order valence-corrected chi connectivity index (χ0v) is 15.2. The highest BCUT2D eigenvalue weighted by Gasteiger charge is 2.06. The Kier molecular flexibility index (Phi) is 7.51. The number of ether oxygens (including phenoxy) is 2. The van der Waals surface area contributed by atoms with E-state index in [9.17, 15) is 0 Å². The molecule has 2 heterocycles. The Morgan fingerprint density at radius 2 is 2.04 bits per heavy atom. The average Bonchev–Trinajstić information content (AvgIpc) is 3.02. The number of nitrogens with zero attached hydrogens (tertiary/aromatic N) is 2. The van der Waals surface area contributed by atoms with Gasteiger partial charge < -0.3 is 20.1 Å². The van der Waals surface area contributed by atoms with Gasteiger partial charge in [-0.2, -0.15) is 0 Å². The van der Waals surface area contributed by atoms with Crippen molar-refractivity contribution < 1.29 is 9.47 Å². The molecular formula is C17H24N4O2S. The first-order valence-electron chi connectivity index (χ1n) is 7.78. The van der Waals surface area contributed by atoms with E-state index in [2.05, 4.69) is 39.7 Å². The van der Waals surface area contributed by atoms with Crippen molar-refractivity contribution in [2.24, 2.45) is 4.99 Å². The molecule has 0 atom stereocenters. The van der Waals surface area contributed by atoms with Crippen molar-refractivity contribution in [3.63, 3.8) is 0 Å². The highest BCUT2D eigenvalue weighted by atomic mass is 32.1. The third-order valence-corrected chi connectivity index (χ3v) is 4.27. The van der Waals surface area contributed by atoms with Crippen LogP contribution in [0.4, 0.5) is 0 Å². The minimum atomic E-state index is 0.477. The first kappa shape index (κ1) is 18.2. The van der Waals surface area contributed by atoms with E-state index in [1.165, 1.54) is 9.75 Å². The van der Waals surface area contributed by atoms with Crippen molar-refractivity contribution in [3.05, 3.63) is 45.8 Å². The summed E-state index contributed by atoms with van der Waals surface area (Å²) in [7, 11) is 3.41.